The lowest BCUT2D eigenvalue weighted by Crippen LogP contribution is -2.46. The van der Waals surface area contributed by atoms with Gasteiger partial charge in [-0.1, -0.05) is 0 Å². The number of hydrogen-bond acceptors (Lipinski definition) is 5. The van der Waals surface area contributed by atoms with Crippen LogP contribution in [0.2, 0.25) is 0 Å². The van der Waals surface area contributed by atoms with Gasteiger partial charge in [0.1, 0.15) is 6.04 Å². The number of nitrogens with one attached hydrogen (secondary N) is 1. The van der Waals surface area contributed by atoms with Gasteiger partial charge in [0.2, 0.25) is 0 Å². The van der Waals surface area contributed by atoms with E-state index in [0.717, 1.165) is 10.7 Å². The highest BCUT2D eigenvalue weighted by Crippen LogP contribution is 2.20. The number of urea groups is 1. The molecule has 0 spiro atoms. The minimum Gasteiger partial charge on any atom is -0.480 e. The second kappa shape index (κ2) is 6.86. The smallest absolute Gasteiger partial charge is 0.326 e. The van der Waals surface area contributed by atoms with Crippen LogP contribution in [-0.4, -0.2) is 59.3 Å². The summed E-state index contributed by atoms with van der Waals surface area (Å²) < 4.78 is 5.16. The maximum absolute atomic E-state index is 12.1. The zero-order valence-corrected chi connectivity index (χ0v) is 12.9. The summed E-state index contributed by atoms with van der Waals surface area (Å²) in [6, 6.07) is -1.19. The minimum atomic E-state index is -1.000. The van der Waals surface area contributed by atoms with Crippen molar-refractivity contribution < 1.29 is 19.4 Å². The number of aryl methyl sites for hydroxylation is 1. The molecule has 0 aromatic carbocycles. The van der Waals surface area contributed by atoms with Crippen LogP contribution in [0, 0.1) is 6.92 Å². The summed E-state index contributed by atoms with van der Waals surface area (Å²) in [6.45, 7) is 2.66. The van der Waals surface area contributed by atoms with E-state index < -0.39 is 12.0 Å². The molecule has 2 atom stereocenters. The Morgan fingerprint density at radius 2 is 2.38 bits per heavy atom. The average molecular weight is 313 g/mol. The number of nitrogens with zero attached hydrogens (tertiary/aromatic N) is 2. The van der Waals surface area contributed by atoms with Crippen molar-refractivity contribution in [2.24, 2.45) is 0 Å². The van der Waals surface area contributed by atoms with Gasteiger partial charge in [-0.25, -0.2) is 14.6 Å². The topological polar surface area (TPSA) is 91.8 Å². The van der Waals surface area contributed by atoms with E-state index >= 15 is 0 Å². The first-order valence-electron chi connectivity index (χ1n) is 6.72. The maximum Gasteiger partial charge on any atom is 0.326 e. The third-order valence-electron chi connectivity index (χ3n) is 3.42. The molecule has 21 heavy (non-hydrogen) atoms. The molecule has 2 amide bonds. The Balaban J connectivity index is 1.85. The van der Waals surface area contributed by atoms with Gasteiger partial charge < -0.3 is 20.1 Å². The van der Waals surface area contributed by atoms with Crippen LogP contribution in [0.1, 0.15) is 17.1 Å². The van der Waals surface area contributed by atoms with Gasteiger partial charge >= 0.3 is 12.0 Å². The van der Waals surface area contributed by atoms with E-state index in [1.54, 1.807) is 11.3 Å². The van der Waals surface area contributed by atoms with E-state index in [0.29, 0.717) is 25.9 Å². The first-order valence-corrected chi connectivity index (χ1v) is 7.60. The predicted molar refractivity (Wildman–Crippen MR) is 77.5 cm³/mol. The first kappa shape index (κ1) is 15.7. The fraction of sp³-hybridized carbons (Fsp3) is 0.615. The fourth-order valence-corrected chi connectivity index (χ4v) is 3.10. The number of carboxylic acid groups (broad SMARTS) is 1. The average Bonchev–Trinajstić information content (AvgIpc) is 3.04. The van der Waals surface area contributed by atoms with E-state index in [1.807, 2.05) is 12.3 Å². The predicted octanol–water partition coefficient (Wildman–Crippen LogP) is 0.878. The molecule has 1 aromatic rings. The van der Waals surface area contributed by atoms with Crippen molar-refractivity contribution in [3.8, 4) is 0 Å². The number of carbonyl (C=O) groups excluding carboxylic acids is 1. The molecule has 0 bridgehead atoms. The normalized spacial score (nSPS) is 21.5. The van der Waals surface area contributed by atoms with Gasteiger partial charge in [0.05, 0.1) is 11.1 Å². The van der Waals surface area contributed by atoms with Gasteiger partial charge in [-0.2, -0.15) is 0 Å². The van der Waals surface area contributed by atoms with E-state index in [4.69, 9.17) is 9.84 Å². The molecule has 8 heteroatoms. The minimum absolute atomic E-state index is 0.224. The van der Waals surface area contributed by atoms with Crippen molar-refractivity contribution in [2.45, 2.75) is 31.9 Å². The van der Waals surface area contributed by atoms with Crippen molar-refractivity contribution in [1.82, 2.24) is 15.2 Å². The van der Waals surface area contributed by atoms with Crippen LogP contribution >= 0.6 is 11.3 Å². The molecule has 2 rings (SSSR count). The monoisotopic (exact) mass is 313 g/mol. The zero-order chi connectivity index (χ0) is 15.4. The fourth-order valence-electron chi connectivity index (χ4n) is 2.32. The molecular weight excluding hydrogens is 294 g/mol. The van der Waals surface area contributed by atoms with Crippen LogP contribution in [0.25, 0.3) is 0 Å². The number of carboxylic acids is 1. The van der Waals surface area contributed by atoms with E-state index in [1.165, 1.54) is 12.0 Å². The van der Waals surface area contributed by atoms with Crippen molar-refractivity contribution in [2.75, 3.05) is 20.2 Å². The molecule has 1 aliphatic heterocycles. The molecule has 1 saturated heterocycles. The molecule has 1 fully saturated rings. The zero-order valence-electron chi connectivity index (χ0n) is 12.0. The highest BCUT2D eigenvalue weighted by molar-refractivity contribution is 7.09. The van der Waals surface area contributed by atoms with Crippen molar-refractivity contribution in [3.05, 3.63) is 16.1 Å². The summed E-state index contributed by atoms with van der Waals surface area (Å²) in [5, 5.41) is 14.8. The number of aliphatic carboxylic acids is 1. The lowest BCUT2D eigenvalue weighted by molar-refractivity contribution is -0.141. The molecule has 1 aromatic heterocycles. The molecule has 1 aliphatic rings. The molecule has 2 heterocycles. The Bertz CT molecular complexity index is 519. The highest BCUT2D eigenvalue weighted by Gasteiger charge is 2.39. The molecule has 7 nitrogen and oxygen atoms in total. The summed E-state index contributed by atoms with van der Waals surface area (Å²) in [6.07, 6.45) is 0.743. The summed E-state index contributed by atoms with van der Waals surface area (Å²) >= 11 is 1.55. The number of amides is 2. The van der Waals surface area contributed by atoms with Gasteiger partial charge in [0, 0.05) is 44.1 Å². The van der Waals surface area contributed by atoms with Crippen LogP contribution in [0.3, 0.4) is 0 Å². The number of hydrogen-bond donors (Lipinski definition) is 2. The molecule has 2 unspecified atom stereocenters. The summed E-state index contributed by atoms with van der Waals surface area (Å²) in [5.74, 6) is -1.000. The van der Waals surface area contributed by atoms with Gasteiger partial charge in [-0.15, -0.1) is 11.3 Å². The number of ether oxygens (including phenoxy) is 1. The Kier molecular flexibility index (Phi) is 5.13. The number of rotatable bonds is 5. The molecule has 0 saturated carbocycles. The molecule has 2 N–H and O–H groups in total. The molecular formula is C13H19N3O4S. The van der Waals surface area contributed by atoms with E-state index in [2.05, 4.69) is 10.3 Å². The van der Waals surface area contributed by atoms with Crippen LogP contribution in [-0.2, 0) is 16.0 Å². The molecule has 0 aliphatic carbocycles. The SMILES string of the molecule is COC1CC(C(=O)O)N(C(=O)NCCc2nc(C)cs2)C1. The van der Waals surface area contributed by atoms with E-state index in [9.17, 15) is 9.59 Å². The van der Waals surface area contributed by atoms with Gasteiger partial charge in [-0.3, -0.25) is 0 Å². The van der Waals surface area contributed by atoms with Crippen LogP contribution in [0.5, 0.6) is 0 Å². The number of thiazole rings is 1. The summed E-state index contributed by atoms with van der Waals surface area (Å²) in [7, 11) is 1.52. The maximum atomic E-state index is 12.1. The number of aromatic nitrogens is 1. The number of carbonyl (C=O) groups is 2. The van der Waals surface area contributed by atoms with Gasteiger partial charge in [-0.05, 0) is 6.92 Å². The lowest BCUT2D eigenvalue weighted by atomic mass is 10.2. The van der Waals surface area contributed by atoms with Crippen molar-refractivity contribution >= 4 is 23.3 Å². The van der Waals surface area contributed by atoms with Crippen LogP contribution < -0.4 is 5.32 Å². The number of methoxy groups -OCH3 is 1. The van der Waals surface area contributed by atoms with Gasteiger partial charge in [0.15, 0.2) is 0 Å². The quantitative estimate of drug-likeness (QED) is 0.842. The lowest BCUT2D eigenvalue weighted by Gasteiger charge is -2.21. The van der Waals surface area contributed by atoms with Crippen molar-refractivity contribution in [3.63, 3.8) is 0 Å². The Morgan fingerprint density at radius 3 is 2.95 bits per heavy atom. The molecule has 116 valence electrons. The second-order valence-corrected chi connectivity index (χ2v) is 5.91. The van der Waals surface area contributed by atoms with Crippen molar-refractivity contribution in [1.29, 1.82) is 0 Å². The summed E-state index contributed by atoms with van der Waals surface area (Å²) in [4.78, 5) is 28.9. The van der Waals surface area contributed by atoms with E-state index in [-0.39, 0.29) is 12.1 Å². The number of likely N-dealkylation sites (tertiary alicyclic amines) is 1. The second-order valence-electron chi connectivity index (χ2n) is 4.96. The van der Waals surface area contributed by atoms with Crippen LogP contribution in [0.4, 0.5) is 4.79 Å². The summed E-state index contributed by atoms with van der Waals surface area (Å²) in [5.41, 5.74) is 0.967. The molecule has 0 radical (unpaired) electrons. The Morgan fingerprint density at radius 1 is 1.62 bits per heavy atom. The third-order valence-corrected chi connectivity index (χ3v) is 4.45. The Hall–Kier alpha value is -1.67. The first-order chi connectivity index (χ1) is 10.0. The highest BCUT2D eigenvalue weighted by atomic mass is 32.1. The Labute approximate surface area is 126 Å². The third kappa shape index (κ3) is 3.92. The standard InChI is InChI=1S/C13H19N3O4S/c1-8-7-21-11(15-8)3-4-14-13(19)16-6-9(20-2)5-10(16)12(17)18/h7,9-10H,3-6H2,1-2H3,(H,14,19)(H,17,18). The largest absolute Gasteiger partial charge is 0.480 e. The van der Waals surface area contributed by atoms with Gasteiger partial charge in [0.25, 0.3) is 0 Å². The van der Waals surface area contributed by atoms with Crippen LogP contribution in [0.15, 0.2) is 5.38 Å².